The molecule has 1 aliphatic carbocycles. The van der Waals surface area contributed by atoms with Gasteiger partial charge in [-0.05, 0) is 146 Å². The molecule has 322 valence electrons. The Bertz CT molecular complexity index is 4070. The second-order valence-electron chi connectivity index (χ2n) is 18.4. The molecule has 0 saturated carbocycles. The highest BCUT2D eigenvalue weighted by Gasteiger charge is 2.46. The zero-order valence-electron chi connectivity index (χ0n) is 37.8. The fourth-order valence-electron chi connectivity index (χ4n) is 11.8. The van der Waals surface area contributed by atoms with E-state index in [9.17, 15) is 0 Å². The fraction of sp³-hybridized carbons (Fsp3) is 0.0149. The molecule has 2 nitrogen and oxygen atoms in total. The Morgan fingerprint density at radius 3 is 1.28 bits per heavy atom. The van der Waals surface area contributed by atoms with Crippen LogP contribution < -0.4 is 0 Å². The third-order valence-electron chi connectivity index (χ3n) is 14.8. The van der Waals surface area contributed by atoms with E-state index in [-0.39, 0.29) is 0 Å². The predicted molar refractivity (Wildman–Crippen MR) is 289 cm³/mol. The molecule has 0 unspecified atom stereocenters. The molecule has 1 aliphatic rings. The second-order valence-corrected chi connectivity index (χ2v) is 18.4. The van der Waals surface area contributed by atoms with Crippen molar-refractivity contribution in [3.8, 4) is 55.9 Å². The van der Waals surface area contributed by atoms with E-state index in [0.717, 1.165) is 11.4 Å². The Morgan fingerprint density at radius 2 is 0.652 bits per heavy atom. The minimum absolute atomic E-state index is 0.501. The average Bonchev–Trinajstić information content (AvgIpc) is 4.05. The highest BCUT2D eigenvalue weighted by molar-refractivity contribution is 6.12. The lowest BCUT2D eigenvalue weighted by Gasteiger charge is -2.34. The summed E-state index contributed by atoms with van der Waals surface area (Å²) in [6.45, 7) is 0. The lowest BCUT2D eigenvalue weighted by atomic mass is 9.67. The van der Waals surface area contributed by atoms with Crippen LogP contribution >= 0.6 is 0 Å². The smallest absolute Gasteiger partial charge is 0.0713 e. The second kappa shape index (κ2) is 15.6. The third-order valence-corrected chi connectivity index (χ3v) is 14.8. The number of benzene rings is 11. The SMILES string of the molecule is c1ccc(-n2c3ccccc3c3cc(-c4cc(-c5ccc6c(c5)C(c5ccccc5)(c5ccccc5)c5ccccc5-6)cc(-c5ccc6c7ccccc7n(-c7ccccc7)c6c5)c4)ccc32)cc1. The van der Waals surface area contributed by atoms with E-state index in [4.69, 9.17) is 0 Å². The quantitative estimate of drug-likeness (QED) is 0.151. The summed E-state index contributed by atoms with van der Waals surface area (Å²) < 4.78 is 4.81. The normalized spacial score (nSPS) is 12.8. The molecular weight excluding hydrogens is 833 g/mol. The van der Waals surface area contributed by atoms with Crippen LogP contribution in [0.5, 0.6) is 0 Å². The summed E-state index contributed by atoms with van der Waals surface area (Å²) in [5.74, 6) is 0. The third kappa shape index (κ3) is 5.99. The number of hydrogen-bond acceptors (Lipinski definition) is 0. The Balaban J connectivity index is 1.02. The zero-order chi connectivity index (χ0) is 45.5. The largest absolute Gasteiger partial charge is 0.309 e. The van der Waals surface area contributed by atoms with Crippen molar-refractivity contribution in [3.05, 3.63) is 289 Å². The molecule has 2 aromatic heterocycles. The van der Waals surface area contributed by atoms with E-state index in [1.807, 2.05) is 0 Å². The maximum Gasteiger partial charge on any atom is 0.0713 e. The van der Waals surface area contributed by atoms with Crippen molar-refractivity contribution in [2.24, 2.45) is 0 Å². The minimum Gasteiger partial charge on any atom is -0.309 e. The lowest BCUT2D eigenvalue weighted by Crippen LogP contribution is -2.28. The Hall–Kier alpha value is -8.98. The Labute approximate surface area is 401 Å². The summed E-state index contributed by atoms with van der Waals surface area (Å²) in [6.07, 6.45) is 0. The van der Waals surface area contributed by atoms with Crippen LogP contribution in [-0.2, 0) is 5.41 Å². The van der Waals surface area contributed by atoms with Gasteiger partial charge in [-0.15, -0.1) is 0 Å². The van der Waals surface area contributed by atoms with Gasteiger partial charge in [0.25, 0.3) is 0 Å². The molecule has 0 fully saturated rings. The van der Waals surface area contributed by atoms with Gasteiger partial charge in [-0.25, -0.2) is 0 Å². The monoisotopic (exact) mass is 876 g/mol. The Kier molecular flexibility index (Phi) is 8.84. The molecule has 2 heterocycles. The summed E-state index contributed by atoms with van der Waals surface area (Å²) >= 11 is 0. The molecule has 13 aromatic rings. The van der Waals surface area contributed by atoms with Gasteiger partial charge in [0.2, 0.25) is 0 Å². The highest BCUT2D eigenvalue weighted by Crippen LogP contribution is 2.57. The minimum atomic E-state index is -0.501. The predicted octanol–water partition coefficient (Wildman–Crippen LogP) is 17.2. The molecule has 0 N–H and O–H groups in total. The molecule has 69 heavy (non-hydrogen) atoms. The number of para-hydroxylation sites is 4. The van der Waals surface area contributed by atoms with Crippen LogP contribution in [0.25, 0.3) is 99.5 Å². The van der Waals surface area contributed by atoms with Crippen LogP contribution in [0, 0.1) is 0 Å². The lowest BCUT2D eigenvalue weighted by molar-refractivity contribution is 0.769. The first-order valence-electron chi connectivity index (χ1n) is 23.9. The standard InChI is InChI=1S/C67H44N2/c1-5-19-51(20-6-1)67(52-21-7-2-8-22-52)61-30-16-13-27-55(61)56-36-33-46(43-62(56)67)49-39-48(45-35-38-65-60(42-45)58-29-15-18-32-64(58)68(65)53-23-9-3-10-24-53)40-50(41-49)47-34-37-59-57-28-14-17-31-63(57)69(66(59)44-47)54-25-11-4-12-26-54/h1-44H. The van der Waals surface area contributed by atoms with Crippen LogP contribution in [0.15, 0.2) is 267 Å². The maximum absolute atomic E-state index is 2.49. The molecule has 11 aromatic carbocycles. The van der Waals surface area contributed by atoms with Crippen LogP contribution in [0.1, 0.15) is 22.3 Å². The molecule has 0 spiro atoms. The van der Waals surface area contributed by atoms with E-state index in [1.165, 1.54) is 110 Å². The zero-order valence-corrected chi connectivity index (χ0v) is 37.8. The van der Waals surface area contributed by atoms with Gasteiger partial charge in [-0.3, -0.25) is 0 Å². The Morgan fingerprint density at radius 1 is 0.232 bits per heavy atom. The molecule has 2 heteroatoms. The van der Waals surface area contributed by atoms with Crippen molar-refractivity contribution in [2.45, 2.75) is 5.41 Å². The molecule has 0 saturated heterocycles. The number of aromatic nitrogens is 2. The van der Waals surface area contributed by atoms with Gasteiger partial charge in [-0.2, -0.15) is 0 Å². The molecule has 0 aliphatic heterocycles. The summed E-state index contributed by atoms with van der Waals surface area (Å²) in [5, 5.41) is 4.97. The van der Waals surface area contributed by atoms with Gasteiger partial charge in [0.15, 0.2) is 0 Å². The molecule has 14 rings (SSSR count). The van der Waals surface area contributed by atoms with Crippen LogP contribution in [-0.4, -0.2) is 9.13 Å². The molecule has 0 radical (unpaired) electrons. The topological polar surface area (TPSA) is 9.86 Å². The van der Waals surface area contributed by atoms with E-state index in [2.05, 4.69) is 276 Å². The molecule has 0 bridgehead atoms. The first-order chi connectivity index (χ1) is 34.2. The highest BCUT2D eigenvalue weighted by atomic mass is 15.0. The van der Waals surface area contributed by atoms with Crippen LogP contribution in [0.2, 0.25) is 0 Å². The van der Waals surface area contributed by atoms with E-state index in [0.29, 0.717) is 0 Å². The maximum atomic E-state index is 2.49. The van der Waals surface area contributed by atoms with Crippen molar-refractivity contribution in [2.75, 3.05) is 0 Å². The van der Waals surface area contributed by atoms with Gasteiger partial charge in [0.05, 0.1) is 27.5 Å². The fourth-order valence-corrected chi connectivity index (χ4v) is 11.8. The van der Waals surface area contributed by atoms with Gasteiger partial charge < -0.3 is 9.13 Å². The van der Waals surface area contributed by atoms with Gasteiger partial charge in [-0.1, -0.05) is 188 Å². The van der Waals surface area contributed by atoms with E-state index >= 15 is 0 Å². The summed E-state index contributed by atoms with van der Waals surface area (Å²) in [4.78, 5) is 0. The van der Waals surface area contributed by atoms with Crippen LogP contribution in [0.4, 0.5) is 0 Å². The van der Waals surface area contributed by atoms with Crippen LogP contribution in [0.3, 0.4) is 0 Å². The van der Waals surface area contributed by atoms with Gasteiger partial charge in [0, 0.05) is 32.9 Å². The van der Waals surface area contributed by atoms with Crippen molar-refractivity contribution in [1.29, 1.82) is 0 Å². The van der Waals surface area contributed by atoms with Crippen molar-refractivity contribution < 1.29 is 0 Å². The summed E-state index contributed by atoms with van der Waals surface area (Å²) in [6, 6.07) is 98.8. The number of fused-ring (bicyclic) bond motifs is 9. The van der Waals surface area contributed by atoms with Gasteiger partial charge >= 0.3 is 0 Å². The summed E-state index contributed by atoms with van der Waals surface area (Å²) in [7, 11) is 0. The number of nitrogens with zero attached hydrogens (tertiary/aromatic N) is 2. The van der Waals surface area contributed by atoms with Gasteiger partial charge in [0.1, 0.15) is 0 Å². The van der Waals surface area contributed by atoms with E-state index in [1.54, 1.807) is 0 Å². The molecule has 0 atom stereocenters. The summed E-state index contributed by atoms with van der Waals surface area (Å²) in [5.41, 5.74) is 21.3. The first-order valence-corrected chi connectivity index (χ1v) is 23.9. The van der Waals surface area contributed by atoms with Crippen molar-refractivity contribution in [3.63, 3.8) is 0 Å². The van der Waals surface area contributed by atoms with E-state index < -0.39 is 5.41 Å². The molecular formula is C67H44N2. The molecule has 0 amide bonds. The van der Waals surface area contributed by atoms with Crippen molar-refractivity contribution >= 4 is 43.6 Å². The first kappa shape index (κ1) is 39.2. The number of rotatable bonds is 7. The van der Waals surface area contributed by atoms with Crippen molar-refractivity contribution in [1.82, 2.24) is 9.13 Å². The average molecular weight is 877 g/mol. The number of hydrogen-bond donors (Lipinski definition) is 0.